The average Bonchev–Trinajstić information content (AvgIpc) is 3.36. The van der Waals surface area contributed by atoms with Crippen LogP contribution in [0.3, 0.4) is 0 Å². The van der Waals surface area contributed by atoms with Gasteiger partial charge in [0.05, 0.1) is 5.56 Å². The van der Waals surface area contributed by atoms with Crippen molar-refractivity contribution < 1.29 is 9.90 Å². The van der Waals surface area contributed by atoms with E-state index in [0.29, 0.717) is 17.4 Å². The minimum Gasteiger partial charge on any atom is -0.508 e. The van der Waals surface area contributed by atoms with Gasteiger partial charge in [-0.15, -0.1) is 0 Å². The molecule has 1 unspecified atom stereocenters. The molecule has 5 heteroatoms. The lowest BCUT2D eigenvalue weighted by molar-refractivity contribution is 0.0786. The van der Waals surface area contributed by atoms with Crippen molar-refractivity contribution in [3.05, 3.63) is 53.6 Å². The fourth-order valence-corrected chi connectivity index (χ4v) is 3.33. The minimum atomic E-state index is 0.0329. The van der Waals surface area contributed by atoms with E-state index in [0.717, 1.165) is 31.8 Å². The molecule has 0 spiro atoms. The van der Waals surface area contributed by atoms with E-state index in [2.05, 4.69) is 9.97 Å². The van der Waals surface area contributed by atoms with Crippen LogP contribution < -0.4 is 0 Å². The molecule has 1 aromatic heterocycles. The van der Waals surface area contributed by atoms with E-state index in [4.69, 9.17) is 0 Å². The fraction of sp³-hybridized carbons (Fsp3) is 0.421. The third-order valence-corrected chi connectivity index (χ3v) is 4.90. The first-order chi connectivity index (χ1) is 11.7. The molecule has 1 saturated carbocycles. The number of nitrogens with zero attached hydrogens (tertiary/aromatic N) is 3. The van der Waals surface area contributed by atoms with E-state index in [-0.39, 0.29) is 11.7 Å². The number of phenols is 1. The van der Waals surface area contributed by atoms with Crippen LogP contribution in [0.4, 0.5) is 0 Å². The topological polar surface area (TPSA) is 66.3 Å². The Balaban J connectivity index is 1.36. The first-order valence-electron chi connectivity index (χ1n) is 8.58. The molecule has 24 heavy (non-hydrogen) atoms. The highest BCUT2D eigenvalue weighted by Gasteiger charge is 2.29. The molecule has 2 fully saturated rings. The van der Waals surface area contributed by atoms with Crippen LogP contribution in [0, 0.1) is 5.92 Å². The van der Waals surface area contributed by atoms with Crippen LogP contribution in [0.15, 0.2) is 36.7 Å². The number of rotatable bonds is 4. The first kappa shape index (κ1) is 15.1. The number of amides is 1. The number of carbonyl (C=O) groups excluding carboxylic acids is 1. The lowest BCUT2D eigenvalue weighted by Gasteiger charge is -2.16. The van der Waals surface area contributed by atoms with E-state index in [1.165, 1.54) is 18.4 Å². The number of aromatic nitrogens is 2. The van der Waals surface area contributed by atoms with Gasteiger partial charge in [-0.05, 0) is 49.3 Å². The van der Waals surface area contributed by atoms with Crippen molar-refractivity contribution in [1.82, 2.24) is 14.9 Å². The van der Waals surface area contributed by atoms with Crippen LogP contribution in [0.2, 0.25) is 0 Å². The Morgan fingerprint density at radius 1 is 1.12 bits per heavy atom. The Hall–Kier alpha value is -2.43. The third kappa shape index (κ3) is 3.25. The summed E-state index contributed by atoms with van der Waals surface area (Å²) in [6.07, 6.45) is 7.62. The number of likely N-dealkylation sites (tertiary alicyclic amines) is 1. The van der Waals surface area contributed by atoms with Crippen molar-refractivity contribution in [2.75, 3.05) is 13.1 Å². The molecule has 1 atom stereocenters. The van der Waals surface area contributed by atoms with E-state index in [9.17, 15) is 9.90 Å². The van der Waals surface area contributed by atoms with Crippen molar-refractivity contribution >= 4 is 5.91 Å². The lowest BCUT2D eigenvalue weighted by atomic mass is 9.99. The highest BCUT2D eigenvalue weighted by Crippen LogP contribution is 2.37. The van der Waals surface area contributed by atoms with Gasteiger partial charge in [0.25, 0.3) is 5.91 Å². The van der Waals surface area contributed by atoms with E-state index in [1.54, 1.807) is 24.5 Å². The van der Waals surface area contributed by atoms with Gasteiger partial charge in [-0.3, -0.25) is 4.79 Å². The maximum absolute atomic E-state index is 12.6. The molecule has 1 aliphatic heterocycles. The van der Waals surface area contributed by atoms with Crippen molar-refractivity contribution in [1.29, 1.82) is 0 Å². The molecule has 1 N–H and O–H groups in total. The van der Waals surface area contributed by atoms with Crippen LogP contribution in [0.25, 0.3) is 0 Å². The Morgan fingerprint density at radius 2 is 1.83 bits per heavy atom. The van der Waals surface area contributed by atoms with Gasteiger partial charge in [0.1, 0.15) is 11.6 Å². The van der Waals surface area contributed by atoms with Crippen LogP contribution >= 0.6 is 0 Å². The predicted octanol–water partition coefficient (Wildman–Crippen LogP) is 2.76. The summed E-state index contributed by atoms with van der Waals surface area (Å²) in [5.41, 5.74) is 1.79. The molecule has 5 nitrogen and oxygen atoms in total. The van der Waals surface area contributed by atoms with Crippen molar-refractivity contribution in [2.45, 2.75) is 31.6 Å². The van der Waals surface area contributed by atoms with Crippen molar-refractivity contribution in [3.8, 4) is 5.75 Å². The van der Waals surface area contributed by atoms with Crippen LogP contribution in [-0.2, 0) is 6.42 Å². The average molecular weight is 323 g/mol. The maximum atomic E-state index is 12.6. The molecule has 1 amide bonds. The van der Waals surface area contributed by atoms with Gasteiger partial charge in [-0.1, -0.05) is 12.1 Å². The Bertz CT molecular complexity index is 723. The molecule has 0 bridgehead atoms. The van der Waals surface area contributed by atoms with Crippen molar-refractivity contribution in [2.24, 2.45) is 5.92 Å². The lowest BCUT2D eigenvalue weighted by Crippen LogP contribution is -2.29. The summed E-state index contributed by atoms with van der Waals surface area (Å²) in [5.74, 6) is 2.17. The molecule has 1 aromatic carbocycles. The zero-order chi connectivity index (χ0) is 16.5. The van der Waals surface area contributed by atoms with E-state index >= 15 is 0 Å². The zero-order valence-corrected chi connectivity index (χ0v) is 13.6. The first-order valence-corrected chi connectivity index (χ1v) is 8.58. The van der Waals surface area contributed by atoms with Crippen LogP contribution in [-0.4, -0.2) is 39.0 Å². The molecule has 2 heterocycles. The number of aromatic hydroxyl groups is 1. The number of carbonyl (C=O) groups is 1. The zero-order valence-electron chi connectivity index (χ0n) is 13.6. The molecule has 2 aromatic rings. The van der Waals surface area contributed by atoms with Gasteiger partial charge in [0.15, 0.2) is 0 Å². The highest BCUT2D eigenvalue weighted by molar-refractivity contribution is 5.93. The molecule has 2 aliphatic rings. The van der Waals surface area contributed by atoms with E-state index in [1.807, 2.05) is 17.0 Å². The Morgan fingerprint density at radius 3 is 2.50 bits per heavy atom. The SMILES string of the molecule is O=C(c1cnc(C2CC2)nc1)N1CCC(Cc2ccc(O)cc2)C1. The van der Waals surface area contributed by atoms with Crippen LogP contribution in [0.1, 0.15) is 46.9 Å². The largest absolute Gasteiger partial charge is 0.508 e. The van der Waals surface area contributed by atoms with Gasteiger partial charge in [0.2, 0.25) is 0 Å². The summed E-state index contributed by atoms with van der Waals surface area (Å²) in [6.45, 7) is 1.55. The summed E-state index contributed by atoms with van der Waals surface area (Å²) < 4.78 is 0. The summed E-state index contributed by atoms with van der Waals surface area (Å²) in [4.78, 5) is 23.2. The van der Waals surface area contributed by atoms with Gasteiger partial charge in [-0.2, -0.15) is 0 Å². The number of phenolic OH excluding ortho intramolecular Hbond substituents is 1. The molecule has 4 rings (SSSR count). The molecular formula is C19H21N3O2. The van der Waals surface area contributed by atoms with Gasteiger partial charge < -0.3 is 10.0 Å². The van der Waals surface area contributed by atoms with Crippen LogP contribution in [0.5, 0.6) is 5.75 Å². The maximum Gasteiger partial charge on any atom is 0.256 e. The minimum absolute atomic E-state index is 0.0329. The summed E-state index contributed by atoms with van der Waals surface area (Å²) in [7, 11) is 0. The third-order valence-electron chi connectivity index (χ3n) is 4.90. The van der Waals surface area contributed by atoms with Gasteiger partial charge >= 0.3 is 0 Å². The Labute approximate surface area is 141 Å². The number of hydrogen-bond donors (Lipinski definition) is 1. The number of hydrogen-bond acceptors (Lipinski definition) is 4. The molecule has 1 aliphatic carbocycles. The van der Waals surface area contributed by atoms with Crippen molar-refractivity contribution in [3.63, 3.8) is 0 Å². The molecule has 1 saturated heterocycles. The molecule has 124 valence electrons. The summed E-state index contributed by atoms with van der Waals surface area (Å²) in [6, 6.07) is 7.33. The fourth-order valence-electron chi connectivity index (χ4n) is 3.33. The number of benzene rings is 1. The predicted molar refractivity (Wildman–Crippen MR) is 89.8 cm³/mol. The second kappa shape index (κ2) is 6.23. The Kier molecular flexibility index (Phi) is 3.92. The summed E-state index contributed by atoms with van der Waals surface area (Å²) in [5, 5.41) is 9.35. The molecule has 0 radical (unpaired) electrons. The van der Waals surface area contributed by atoms with Gasteiger partial charge in [0, 0.05) is 31.4 Å². The van der Waals surface area contributed by atoms with Gasteiger partial charge in [-0.25, -0.2) is 9.97 Å². The second-order valence-electron chi connectivity index (χ2n) is 6.88. The smallest absolute Gasteiger partial charge is 0.256 e. The molecular weight excluding hydrogens is 302 g/mol. The highest BCUT2D eigenvalue weighted by atomic mass is 16.3. The monoisotopic (exact) mass is 323 g/mol. The van der Waals surface area contributed by atoms with E-state index < -0.39 is 0 Å². The normalized spacial score (nSPS) is 20.3. The second-order valence-corrected chi connectivity index (χ2v) is 6.88. The summed E-state index contributed by atoms with van der Waals surface area (Å²) >= 11 is 0. The quantitative estimate of drug-likeness (QED) is 0.939. The standard InChI is InChI=1S/C19H21N3O2/c23-17-5-1-13(2-6-17)9-14-7-8-22(12-14)19(24)16-10-20-18(21-11-16)15-3-4-15/h1-2,5-6,10-11,14-15,23H,3-4,7-9,12H2.